The molecule has 0 aliphatic carbocycles. The van der Waals surface area contributed by atoms with E-state index in [0.29, 0.717) is 56.3 Å². The van der Waals surface area contributed by atoms with Gasteiger partial charge >= 0.3 is 0 Å². The Bertz CT molecular complexity index is 1500. The van der Waals surface area contributed by atoms with Crippen LogP contribution in [0.3, 0.4) is 0 Å². The second kappa shape index (κ2) is 13.1. The van der Waals surface area contributed by atoms with Gasteiger partial charge in [0.2, 0.25) is 23.7 Å². The minimum Gasteiger partial charge on any atom is -0.490 e. The molecule has 3 heterocycles. The van der Waals surface area contributed by atoms with E-state index in [4.69, 9.17) is 14.2 Å². The third kappa shape index (κ3) is 7.39. The quantitative estimate of drug-likeness (QED) is 0.152. The van der Waals surface area contributed by atoms with Crippen molar-refractivity contribution in [2.75, 3.05) is 48.6 Å². The van der Waals surface area contributed by atoms with Gasteiger partial charge < -0.3 is 24.4 Å². The van der Waals surface area contributed by atoms with Crippen LogP contribution in [0.15, 0.2) is 72.0 Å². The van der Waals surface area contributed by atoms with Gasteiger partial charge in [0, 0.05) is 30.9 Å². The molecule has 0 bridgehead atoms. The highest BCUT2D eigenvalue weighted by molar-refractivity contribution is 5.81. The first-order chi connectivity index (χ1) is 20.1. The number of anilines is 4. The van der Waals surface area contributed by atoms with E-state index in [1.165, 1.54) is 12.1 Å². The van der Waals surface area contributed by atoms with Gasteiger partial charge in [0.25, 0.3) is 5.69 Å². The highest BCUT2D eigenvalue weighted by Crippen LogP contribution is 2.32. The van der Waals surface area contributed by atoms with Crippen LogP contribution in [0.2, 0.25) is 0 Å². The fourth-order valence-corrected chi connectivity index (χ4v) is 3.80. The molecule has 0 spiro atoms. The van der Waals surface area contributed by atoms with Crippen LogP contribution in [0.25, 0.3) is 0 Å². The van der Waals surface area contributed by atoms with Crippen LogP contribution < -0.4 is 25.1 Å². The number of hydrazone groups is 1. The zero-order valence-corrected chi connectivity index (χ0v) is 22.1. The van der Waals surface area contributed by atoms with Gasteiger partial charge in [-0.2, -0.15) is 20.1 Å². The molecular formula is C27H27N9O5. The number of hydrogen-bond acceptors (Lipinski definition) is 13. The van der Waals surface area contributed by atoms with E-state index in [9.17, 15) is 10.1 Å². The predicted octanol–water partition coefficient (Wildman–Crippen LogP) is 4.39. The van der Waals surface area contributed by atoms with Crippen molar-refractivity contribution in [3.8, 4) is 17.4 Å². The Hall–Kier alpha value is -5.37. The zero-order valence-electron chi connectivity index (χ0n) is 22.1. The third-order valence-electron chi connectivity index (χ3n) is 5.74. The topological polar surface area (TPSA) is 162 Å². The summed E-state index contributed by atoms with van der Waals surface area (Å²) in [6.07, 6.45) is 2.73. The van der Waals surface area contributed by atoms with Crippen molar-refractivity contribution < 1.29 is 19.1 Å². The van der Waals surface area contributed by atoms with Gasteiger partial charge in [0.15, 0.2) is 11.5 Å². The molecule has 0 radical (unpaired) electrons. The first-order valence-electron chi connectivity index (χ1n) is 12.8. The summed E-state index contributed by atoms with van der Waals surface area (Å²) in [6, 6.07) is 17.6. The smallest absolute Gasteiger partial charge is 0.287 e. The summed E-state index contributed by atoms with van der Waals surface area (Å²) in [4.78, 5) is 30.0. The van der Waals surface area contributed by atoms with Gasteiger partial charge in [-0.05, 0) is 42.8 Å². The number of benzene rings is 2. The summed E-state index contributed by atoms with van der Waals surface area (Å²) in [5.74, 6) is 2.23. The molecule has 0 amide bonds. The molecular weight excluding hydrogens is 530 g/mol. The van der Waals surface area contributed by atoms with Gasteiger partial charge in [-0.3, -0.25) is 10.1 Å². The number of para-hydroxylation sites is 1. The van der Waals surface area contributed by atoms with Crippen LogP contribution in [0.4, 0.5) is 29.2 Å². The maximum Gasteiger partial charge on any atom is 0.287 e. The monoisotopic (exact) mass is 557 g/mol. The summed E-state index contributed by atoms with van der Waals surface area (Å²) < 4.78 is 17.0. The van der Waals surface area contributed by atoms with E-state index >= 15 is 0 Å². The predicted molar refractivity (Wildman–Crippen MR) is 152 cm³/mol. The lowest BCUT2D eigenvalue weighted by molar-refractivity contribution is -0.385. The normalized spacial score (nSPS) is 13.1. The highest BCUT2D eigenvalue weighted by atomic mass is 16.6. The van der Waals surface area contributed by atoms with Crippen molar-refractivity contribution in [3.63, 3.8) is 0 Å². The van der Waals surface area contributed by atoms with Crippen LogP contribution in [-0.2, 0) is 4.74 Å². The summed E-state index contributed by atoms with van der Waals surface area (Å²) in [5, 5.41) is 18.4. The number of pyridine rings is 1. The molecule has 4 aromatic rings. The number of ether oxygens (including phenoxy) is 3. The van der Waals surface area contributed by atoms with Crippen molar-refractivity contribution in [1.29, 1.82) is 0 Å². The van der Waals surface area contributed by atoms with Gasteiger partial charge in [-0.15, -0.1) is 0 Å². The SMILES string of the molecule is CCOc1cc(/C=N/Nc2nc(Nc3ccccc3)nc(N3CCOCC3)n2)ccc1Oc1ccc([N+](=O)[O-])cn1. The molecule has 0 saturated carbocycles. The molecule has 1 aliphatic rings. The molecule has 14 nitrogen and oxygen atoms in total. The van der Waals surface area contributed by atoms with E-state index < -0.39 is 4.92 Å². The molecule has 41 heavy (non-hydrogen) atoms. The molecule has 0 atom stereocenters. The van der Waals surface area contributed by atoms with Crippen LogP contribution in [-0.4, -0.2) is 64.0 Å². The molecule has 2 N–H and O–H groups in total. The number of hydrogen-bond donors (Lipinski definition) is 2. The Kier molecular flexibility index (Phi) is 8.71. The lowest BCUT2D eigenvalue weighted by atomic mass is 10.2. The van der Waals surface area contributed by atoms with Crippen LogP contribution in [0.1, 0.15) is 12.5 Å². The van der Waals surface area contributed by atoms with Crippen LogP contribution >= 0.6 is 0 Å². The fraction of sp³-hybridized carbons (Fsp3) is 0.222. The molecule has 210 valence electrons. The Labute approximate surface area is 235 Å². The van der Waals surface area contributed by atoms with Crippen molar-refractivity contribution in [2.45, 2.75) is 6.92 Å². The number of rotatable bonds is 11. The van der Waals surface area contributed by atoms with Crippen LogP contribution in [0, 0.1) is 10.1 Å². The molecule has 1 aliphatic heterocycles. The second-order valence-electron chi connectivity index (χ2n) is 8.60. The Morgan fingerprint density at radius 2 is 1.85 bits per heavy atom. The van der Waals surface area contributed by atoms with Gasteiger partial charge in [-0.25, -0.2) is 10.4 Å². The molecule has 0 unspecified atom stereocenters. The van der Waals surface area contributed by atoms with Crippen molar-refractivity contribution in [1.82, 2.24) is 19.9 Å². The summed E-state index contributed by atoms with van der Waals surface area (Å²) in [5.41, 5.74) is 4.33. The van der Waals surface area contributed by atoms with Crippen molar-refractivity contribution >= 4 is 35.4 Å². The van der Waals surface area contributed by atoms with Crippen molar-refractivity contribution in [2.24, 2.45) is 5.10 Å². The summed E-state index contributed by atoms with van der Waals surface area (Å²) in [7, 11) is 0. The Morgan fingerprint density at radius 1 is 1.05 bits per heavy atom. The number of nitro groups is 1. The Morgan fingerprint density at radius 3 is 2.59 bits per heavy atom. The van der Waals surface area contributed by atoms with Gasteiger partial charge in [0.1, 0.15) is 6.20 Å². The molecule has 2 aromatic heterocycles. The van der Waals surface area contributed by atoms with Crippen LogP contribution in [0.5, 0.6) is 17.4 Å². The third-order valence-corrected chi connectivity index (χ3v) is 5.74. The number of morpholine rings is 1. The molecule has 14 heteroatoms. The first-order valence-corrected chi connectivity index (χ1v) is 12.8. The summed E-state index contributed by atoms with van der Waals surface area (Å²) in [6.45, 7) is 4.77. The Balaban J connectivity index is 1.32. The van der Waals surface area contributed by atoms with E-state index in [-0.39, 0.29) is 17.5 Å². The average molecular weight is 558 g/mol. The van der Waals surface area contributed by atoms with Gasteiger partial charge in [-0.1, -0.05) is 18.2 Å². The summed E-state index contributed by atoms with van der Waals surface area (Å²) >= 11 is 0. The zero-order chi connectivity index (χ0) is 28.4. The highest BCUT2D eigenvalue weighted by Gasteiger charge is 2.17. The van der Waals surface area contributed by atoms with Gasteiger partial charge in [0.05, 0.1) is 31.0 Å². The lowest BCUT2D eigenvalue weighted by Gasteiger charge is -2.27. The maximum absolute atomic E-state index is 10.9. The lowest BCUT2D eigenvalue weighted by Crippen LogP contribution is -2.37. The second-order valence-corrected chi connectivity index (χ2v) is 8.60. The standard InChI is InChI=1S/C27H27N9O5/c1-2-40-23-16-19(8-10-22(23)41-24-11-9-21(18-28-24)36(37)38)17-29-34-26-31-25(30-20-6-4-3-5-7-20)32-27(33-26)35-12-14-39-15-13-35/h3-11,16-18H,2,12-15H2,1H3,(H2,30,31,32,33,34)/b29-17+. The van der Waals surface area contributed by atoms with Crippen molar-refractivity contribution in [3.05, 3.63) is 82.5 Å². The maximum atomic E-state index is 10.9. The molecule has 1 fully saturated rings. The molecule has 2 aromatic carbocycles. The first kappa shape index (κ1) is 27.2. The number of nitrogens with one attached hydrogen (secondary N) is 2. The average Bonchev–Trinajstić information content (AvgIpc) is 3.00. The fourth-order valence-electron chi connectivity index (χ4n) is 3.80. The van der Waals surface area contributed by atoms with E-state index in [2.05, 4.69) is 35.8 Å². The minimum absolute atomic E-state index is 0.125. The van der Waals surface area contributed by atoms with E-state index in [1.807, 2.05) is 42.2 Å². The number of nitrogens with zero attached hydrogens (tertiary/aromatic N) is 7. The molecule has 5 rings (SSSR count). The number of aromatic nitrogens is 4. The van der Waals surface area contributed by atoms with E-state index in [1.54, 1.807) is 24.4 Å². The minimum atomic E-state index is -0.522. The largest absolute Gasteiger partial charge is 0.490 e. The van der Waals surface area contributed by atoms with E-state index in [0.717, 1.165) is 17.4 Å². The molecule has 1 saturated heterocycles.